The van der Waals surface area contributed by atoms with E-state index < -0.39 is 40.2 Å². The quantitative estimate of drug-likeness (QED) is 0.562. The highest BCUT2D eigenvalue weighted by Gasteiger charge is 2.22. The summed E-state index contributed by atoms with van der Waals surface area (Å²) in [5.74, 6) is -2.94. The van der Waals surface area contributed by atoms with Crippen LogP contribution in [0.4, 0.5) is 0 Å². The second kappa shape index (κ2) is 9.02. The molecule has 1 rings (SSSR count). The van der Waals surface area contributed by atoms with Gasteiger partial charge in [-0.2, -0.15) is 0 Å². The molecule has 1 unspecified atom stereocenters. The van der Waals surface area contributed by atoms with E-state index in [0.717, 1.165) is 0 Å². The molecule has 8 nitrogen and oxygen atoms in total. The molecule has 9 heteroatoms. The van der Waals surface area contributed by atoms with Crippen molar-refractivity contribution in [2.75, 3.05) is 18.1 Å². The first-order valence-corrected chi connectivity index (χ1v) is 9.13. The topological polar surface area (TPSA) is 130 Å². The van der Waals surface area contributed by atoms with Crippen LogP contribution in [0.3, 0.4) is 0 Å². The Balaban J connectivity index is 2.51. The van der Waals surface area contributed by atoms with E-state index in [0.29, 0.717) is 5.56 Å². The predicted octanol–water partition coefficient (Wildman–Crippen LogP) is -0.189. The minimum atomic E-state index is -3.33. The molecule has 0 spiro atoms. The fourth-order valence-corrected chi connectivity index (χ4v) is 2.68. The van der Waals surface area contributed by atoms with Gasteiger partial charge in [-0.25, -0.2) is 13.2 Å². The molecule has 1 atom stereocenters. The molecule has 2 amide bonds. The second-order valence-corrected chi connectivity index (χ2v) is 7.50. The number of carboxylic acid groups (broad SMARTS) is 1. The van der Waals surface area contributed by atoms with Gasteiger partial charge in [0.25, 0.3) is 5.91 Å². The van der Waals surface area contributed by atoms with Gasteiger partial charge in [0.05, 0.1) is 12.3 Å². The van der Waals surface area contributed by atoms with Crippen LogP contribution in [0.25, 0.3) is 0 Å². The lowest BCUT2D eigenvalue weighted by atomic mass is 10.2. The van der Waals surface area contributed by atoms with Gasteiger partial charge < -0.3 is 15.7 Å². The van der Waals surface area contributed by atoms with Gasteiger partial charge in [0.1, 0.15) is 15.9 Å². The van der Waals surface area contributed by atoms with Gasteiger partial charge in [-0.05, 0) is 18.6 Å². The average Bonchev–Trinajstić information content (AvgIpc) is 2.57. The Morgan fingerprint density at radius 1 is 1.17 bits per heavy atom. The van der Waals surface area contributed by atoms with E-state index in [9.17, 15) is 22.8 Å². The average molecular weight is 356 g/mol. The standard InChI is InChI=1S/C15H20N2O6S/c1-2-24(22,23)9-8-12(15(20)21)17-13(18)10-16-14(19)11-6-4-3-5-7-11/h3-7,12H,2,8-10H2,1H3,(H,16,19)(H,17,18)(H,20,21). The Hall–Kier alpha value is -2.42. The van der Waals surface area contributed by atoms with Crippen molar-refractivity contribution in [3.05, 3.63) is 35.9 Å². The maximum Gasteiger partial charge on any atom is 0.326 e. The summed E-state index contributed by atoms with van der Waals surface area (Å²) in [4.78, 5) is 34.6. The number of benzene rings is 1. The van der Waals surface area contributed by atoms with E-state index in [1.165, 1.54) is 6.92 Å². The third-order valence-electron chi connectivity index (χ3n) is 3.24. The molecular formula is C15H20N2O6S. The highest BCUT2D eigenvalue weighted by molar-refractivity contribution is 7.91. The van der Waals surface area contributed by atoms with Crippen LogP contribution in [0.2, 0.25) is 0 Å². The first kappa shape index (κ1) is 19.6. The molecule has 0 aliphatic carbocycles. The summed E-state index contributed by atoms with van der Waals surface area (Å²) >= 11 is 0. The van der Waals surface area contributed by atoms with E-state index in [1.54, 1.807) is 30.3 Å². The van der Waals surface area contributed by atoms with Gasteiger partial charge in [-0.1, -0.05) is 25.1 Å². The van der Waals surface area contributed by atoms with E-state index in [-0.39, 0.29) is 17.9 Å². The van der Waals surface area contributed by atoms with Crippen molar-refractivity contribution in [3.63, 3.8) is 0 Å². The Labute approximate surface area is 140 Å². The van der Waals surface area contributed by atoms with Crippen LogP contribution < -0.4 is 10.6 Å². The Kier molecular flexibility index (Phi) is 7.37. The molecule has 0 aliphatic heterocycles. The molecule has 0 heterocycles. The normalized spacial score (nSPS) is 12.2. The lowest BCUT2D eigenvalue weighted by Crippen LogP contribution is -2.46. The summed E-state index contributed by atoms with van der Waals surface area (Å²) in [6.45, 7) is 1.06. The summed E-state index contributed by atoms with van der Waals surface area (Å²) < 4.78 is 22.8. The van der Waals surface area contributed by atoms with E-state index in [2.05, 4.69) is 10.6 Å². The van der Waals surface area contributed by atoms with Crippen LogP contribution in [0.1, 0.15) is 23.7 Å². The minimum absolute atomic E-state index is 0.0968. The first-order chi connectivity index (χ1) is 11.2. The SMILES string of the molecule is CCS(=O)(=O)CCC(NC(=O)CNC(=O)c1ccccc1)C(=O)O. The number of nitrogens with one attached hydrogen (secondary N) is 2. The predicted molar refractivity (Wildman–Crippen MR) is 87.3 cm³/mol. The molecule has 0 radical (unpaired) electrons. The summed E-state index contributed by atoms with van der Waals surface area (Å²) in [7, 11) is -3.33. The van der Waals surface area contributed by atoms with Crippen LogP contribution in [-0.4, -0.2) is 55.4 Å². The summed E-state index contributed by atoms with van der Waals surface area (Å²) in [5.41, 5.74) is 0.370. The lowest BCUT2D eigenvalue weighted by molar-refractivity contribution is -0.141. The van der Waals surface area contributed by atoms with Gasteiger partial charge in [-0.3, -0.25) is 9.59 Å². The van der Waals surface area contributed by atoms with E-state index in [1.807, 2.05) is 0 Å². The molecule has 0 aromatic heterocycles. The van der Waals surface area contributed by atoms with Gasteiger partial charge >= 0.3 is 5.97 Å². The molecule has 0 fully saturated rings. The monoisotopic (exact) mass is 356 g/mol. The third-order valence-corrected chi connectivity index (χ3v) is 4.97. The van der Waals surface area contributed by atoms with Gasteiger partial charge in [0.2, 0.25) is 5.91 Å². The number of carboxylic acids is 1. The number of sulfone groups is 1. The second-order valence-electron chi connectivity index (χ2n) is 5.03. The van der Waals surface area contributed by atoms with Crippen molar-refractivity contribution in [1.82, 2.24) is 10.6 Å². The maximum absolute atomic E-state index is 11.8. The molecule has 132 valence electrons. The van der Waals surface area contributed by atoms with Crippen LogP contribution in [0.5, 0.6) is 0 Å². The highest BCUT2D eigenvalue weighted by Crippen LogP contribution is 2.00. The number of hydrogen-bond acceptors (Lipinski definition) is 5. The van der Waals surface area contributed by atoms with Crippen molar-refractivity contribution in [1.29, 1.82) is 0 Å². The number of hydrogen-bond donors (Lipinski definition) is 3. The van der Waals surface area contributed by atoms with Crippen LogP contribution in [0, 0.1) is 0 Å². The molecular weight excluding hydrogens is 336 g/mol. The van der Waals surface area contributed by atoms with Crippen LogP contribution >= 0.6 is 0 Å². The number of carbonyl (C=O) groups excluding carboxylic acids is 2. The Morgan fingerprint density at radius 2 is 1.79 bits per heavy atom. The fourth-order valence-electron chi connectivity index (χ4n) is 1.80. The Bertz CT molecular complexity index is 687. The van der Waals surface area contributed by atoms with Crippen LogP contribution in [0.15, 0.2) is 30.3 Å². The molecule has 1 aromatic carbocycles. The van der Waals surface area contributed by atoms with Crippen molar-refractivity contribution in [2.45, 2.75) is 19.4 Å². The molecule has 0 saturated carbocycles. The zero-order valence-corrected chi connectivity index (χ0v) is 14.0. The summed E-state index contributed by atoms with van der Waals surface area (Å²) in [5, 5.41) is 13.6. The molecule has 24 heavy (non-hydrogen) atoms. The third kappa shape index (κ3) is 6.78. The van der Waals surface area contributed by atoms with Crippen LogP contribution in [-0.2, 0) is 19.4 Å². The van der Waals surface area contributed by atoms with E-state index >= 15 is 0 Å². The summed E-state index contributed by atoms with van der Waals surface area (Å²) in [6, 6.07) is 6.90. The van der Waals surface area contributed by atoms with Crippen molar-refractivity contribution in [2.24, 2.45) is 0 Å². The smallest absolute Gasteiger partial charge is 0.326 e. The first-order valence-electron chi connectivity index (χ1n) is 7.31. The highest BCUT2D eigenvalue weighted by atomic mass is 32.2. The van der Waals surface area contributed by atoms with Crippen molar-refractivity contribution in [3.8, 4) is 0 Å². The molecule has 3 N–H and O–H groups in total. The molecule has 0 bridgehead atoms. The fraction of sp³-hybridized carbons (Fsp3) is 0.400. The zero-order valence-electron chi connectivity index (χ0n) is 13.2. The van der Waals surface area contributed by atoms with Crippen molar-refractivity contribution >= 4 is 27.6 Å². The largest absolute Gasteiger partial charge is 0.480 e. The molecule has 1 aromatic rings. The lowest BCUT2D eigenvalue weighted by Gasteiger charge is -2.14. The number of rotatable bonds is 9. The van der Waals surface area contributed by atoms with Gasteiger partial charge in [0, 0.05) is 11.3 Å². The van der Waals surface area contributed by atoms with Gasteiger partial charge in [0.15, 0.2) is 0 Å². The number of aliphatic carboxylic acids is 1. The minimum Gasteiger partial charge on any atom is -0.480 e. The number of amides is 2. The Morgan fingerprint density at radius 3 is 2.33 bits per heavy atom. The maximum atomic E-state index is 11.8. The van der Waals surface area contributed by atoms with Crippen molar-refractivity contribution < 1.29 is 27.9 Å². The van der Waals surface area contributed by atoms with Gasteiger partial charge in [-0.15, -0.1) is 0 Å². The molecule has 0 saturated heterocycles. The summed E-state index contributed by atoms with van der Waals surface area (Å²) in [6.07, 6.45) is -0.232. The zero-order chi connectivity index (χ0) is 18.2. The van der Waals surface area contributed by atoms with E-state index in [4.69, 9.17) is 5.11 Å². The molecule has 0 aliphatic rings. The number of carbonyl (C=O) groups is 3.